The Labute approximate surface area is 163 Å². The number of aromatic carboxylic acids is 1. The lowest BCUT2D eigenvalue weighted by atomic mass is 9.76. The van der Waals surface area contributed by atoms with Crippen LogP contribution in [-0.2, 0) is 5.41 Å². The Morgan fingerprint density at radius 2 is 2.00 bits per heavy atom. The number of hydrogen-bond acceptors (Lipinski definition) is 5. The summed E-state index contributed by atoms with van der Waals surface area (Å²) in [5, 5.41) is 9.40. The van der Waals surface area contributed by atoms with E-state index in [1.165, 1.54) is 7.11 Å². The molecular formula is C22H21NO5. The molecule has 2 aliphatic heterocycles. The number of rotatable bonds is 3. The summed E-state index contributed by atoms with van der Waals surface area (Å²) >= 11 is 0. The molecule has 1 atom stereocenters. The second-order valence-electron chi connectivity index (χ2n) is 7.61. The van der Waals surface area contributed by atoms with E-state index >= 15 is 0 Å². The second kappa shape index (κ2) is 5.86. The van der Waals surface area contributed by atoms with Crippen LogP contribution in [0.2, 0.25) is 0 Å². The number of carboxylic acid groups (broad SMARTS) is 1. The first-order valence-electron chi connectivity index (χ1n) is 8.92. The molecule has 4 rings (SSSR count). The van der Waals surface area contributed by atoms with E-state index in [2.05, 4.69) is 0 Å². The van der Waals surface area contributed by atoms with Crippen LogP contribution in [0.3, 0.4) is 0 Å². The van der Waals surface area contributed by atoms with Gasteiger partial charge in [-0.3, -0.25) is 4.79 Å². The van der Waals surface area contributed by atoms with Crippen molar-refractivity contribution in [2.45, 2.75) is 25.0 Å². The molecular weight excluding hydrogens is 358 g/mol. The molecule has 0 aliphatic carbocycles. The van der Waals surface area contributed by atoms with Crippen molar-refractivity contribution >= 4 is 24.0 Å². The number of hydrogen-bond donors (Lipinski definition) is 1. The summed E-state index contributed by atoms with van der Waals surface area (Å²) in [7, 11) is 3.46. The minimum Gasteiger partial charge on any atom is -0.493 e. The van der Waals surface area contributed by atoms with Gasteiger partial charge < -0.3 is 19.5 Å². The van der Waals surface area contributed by atoms with Gasteiger partial charge in [-0.15, -0.1) is 0 Å². The number of benzene rings is 2. The fourth-order valence-corrected chi connectivity index (χ4v) is 4.26. The zero-order valence-electron chi connectivity index (χ0n) is 16.1. The molecule has 6 heteroatoms. The smallest absolute Gasteiger partial charge is 0.335 e. The minimum absolute atomic E-state index is 0.241. The maximum Gasteiger partial charge on any atom is 0.335 e. The third kappa shape index (κ3) is 2.21. The van der Waals surface area contributed by atoms with Crippen molar-refractivity contribution in [3.63, 3.8) is 0 Å². The van der Waals surface area contributed by atoms with Crippen LogP contribution >= 0.6 is 0 Å². The van der Waals surface area contributed by atoms with Gasteiger partial charge in [-0.1, -0.05) is 0 Å². The quantitative estimate of drug-likeness (QED) is 0.819. The zero-order chi connectivity index (χ0) is 20.3. The monoisotopic (exact) mass is 379 g/mol. The summed E-state index contributed by atoms with van der Waals surface area (Å²) in [5.41, 5.74) is 1.90. The van der Waals surface area contributed by atoms with Crippen LogP contribution in [-0.4, -0.2) is 37.2 Å². The number of aldehydes is 1. The number of fused-ring (bicyclic) bond motifs is 2. The van der Waals surface area contributed by atoms with Crippen molar-refractivity contribution in [1.29, 1.82) is 0 Å². The number of carboxylic acids is 1. The van der Waals surface area contributed by atoms with Crippen molar-refractivity contribution in [1.82, 2.24) is 0 Å². The zero-order valence-corrected chi connectivity index (χ0v) is 16.1. The number of nitrogens with zero attached hydrogens (tertiary/aromatic N) is 1. The Kier molecular flexibility index (Phi) is 3.79. The molecule has 0 fully saturated rings. The van der Waals surface area contributed by atoms with Crippen LogP contribution in [0.15, 0.2) is 36.4 Å². The molecule has 144 valence electrons. The number of carbonyl (C=O) groups excluding carboxylic acids is 1. The van der Waals surface area contributed by atoms with E-state index in [1.54, 1.807) is 24.3 Å². The Bertz CT molecular complexity index is 1040. The maximum atomic E-state index is 11.5. The Morgan fingerprint density at radius 3 is 2.64 bits per heavy atom. The van der Waals surface area contributed by atoms with E-state index < -0.39 is 17.1 Å². The van der Waals surface area contributed by atoms with E-state index in [-0.39, 0.29) is 5.56 Å². The van der Waals surface area contributed by atoms with Crippen LogP contribution in [0.25, 0.3) is 6.08 Å². The molecule has 1 unspecified atom stereocenters. The third-order valence-corrected chi connectivity index (χ3v) is 5.88. The fraction of sp³-hybridized carbons (Fsp3) is 0.273. The van der Waals surface area contributed by atoms with Crippen LogP contribution < -0.4 is 14.4 Å². The predicted molar refractivity (Wildman–Crippen MR) is 106 cm³/mol. The highest BCUT2D eigenvalue weighted by atomic mass is 16.5. The van der Waals surface area contributed by atoms with Crippen LogP contribution in [0.4, 0.5) is 5.69 Å². The van der Waals surface area contributed by atoms with Crippen LogP contribution in [0.5, 0.6) is 11.5 Å². The normalized spacial score (nSPS) is 21.1. The average Bonchev–Trinajstić information content (AvgIpc) is 2.85. The molecule has 0 radical (unpaired) electrons. The lowest BCUT2D eigenvalue weighted by Crippen LogP contribution is -2.58. The van der Waals surface area contributed by atoms with Crippen molar-refractivity contribution in [2.24, 2.45) is 0 Å². The van der Waals surface area contributed by atoms with Crippen LogP contribution in [0, 0.1) is 0 Å². The summed E-state index contributed by atoms with van der Waals surface area (Å²) in [6.07, 6.45) is 4.66. The van der Waals surface area contributed by atoms with Gasteiger partial charge in [-0.25, -0.2) is 4.79 Å². The van der Waals surface area contributed by atoms with Crippen LogP contribution in [0.1, 0.15) is 45.7 Å². The SMILES string of the molecule is COc1cc(C=O)cc2c1OC1(C=C2)N(C)c2ccc(C(=O)O)cc2C1(C)C. The second-order valence-corrected chi connectivity index (χ2v) is 7.61. The topological polar surface area (TPSA) is 76.1 Å². The highest BCUT2D eigenvalue weighted by Gasteiger charge is 2.58. The molecule has 2 heterocycles. The molecule has 1 spiro atoms. The summed E-state index contributed by atoms with van der Waals surface area (Å²) in [4.78, 5) is 24.7. The maximum absolute atomic E-state index is 11.5. The van der Waals surface area contributed by atoms with E-state index in [9.17, 15) is 14.7 Å². The number of carbonyl (C=O) groups is 2. The van der Waals surface area contributed by atoms with Crippen molar-refractivity contribution in [2.75, 3.05) is 19.1 Å². The van der Waals surface area contributed by atoms with E-state index in [0.717, 1.165) is 23.1 Å². The molecule has 1 N–H and O–H groups in total. The van der Waals surface area contributed by atoms with Gasteiger partial charge in [0.25, 0.3) is 0 Å². The molecule has 0 amide bonds. The highest BCUT2D eigenvalue weighted by molar-refractivity contribution is 5.89. The van der Waals surface area contributed by atoms with Gasteiger partial charge in [0.2, 0.25) is 5.72 Å². The van der Waals surface area contributed by atoms with Gasteiger partial charge in [-0.2, -0.15) is 0 Å². The van der Waals surface area contributed by atoms with Gasteiger partial charge in [0.1, 0.15) is 6.29 Å². The van der Waals surface area contributed by atoms with E-state index in [0.29, 0.717) is 17.1 Å². The molecule has 0 saturated carbocycles. The molecule has 0 bridgehead atoms. The first-order chi connectivity index (χ1) is 13.2. The number of anilines is 1. The molecule has 2 aromatic rings. The number of methoxy groups -OCH3 is 1. The summed E-state index contributed by atoms with van der Waals surface area (Å²) in [6.45, 7) is 4.06. The molecule has 2 aliphatic rings. The van der Waals surface area contributed by atoms with Gasteiger partial charge in [0.15, 0.2) is 11.5 Å². The Balaban J connectivity index is 1.89. The Hall–Kier alpha value is -3.28. The van der Waals surface area contributed by atoms with Gasteiger partial charge in [0.05, 0.1) is 18.1 Å². The van der Waals surface area contributed by atoms with Crippen molar-refractivity contribution in [3.8, 4) is 11.5 Å². The van der Waals surface area contributed by atoms with E-state index in [1.807, 2.05) is 44.0 Å². The fourth-order valence-electron chi connectivity index (χ4n) is 4.26. The third-order valence-electron chi connectivity index (χ3n) is 5.88. The largest absolute Gasteiger partial charge is 0.493 e. The van der Waals surface area contributed by atoms with Crippen molar-refractivity contribution in [3.05, 3.63) is 58.7 Å². The summed E-state index contributed by atoms with van der Waals surface area (Å²) in [5.74, 6) is 0.0761. The number of ether oxygens (including phenoxy) is 2. The lowest BCUT2D eigenvalue weighted by Gasteiger charge is -2.46. The van der Waals surface area contributed by atoms with Gasteiger partial charge in [-0.05, 0) is 61.9 Å². The minimum atomic E-state index is -0.962. The first-order valence-corrected chi connectivity index (χ1v) is 8.92. The van der Waals surface area contributed by atoms with Gasteiger partial charge in [0, 0.05) is 23.9 Å². The number of likely N-dealkylation sites (N-methyl/N-ethyl adjacent to an activating group) is 1. The predicted octanol–water partition coefficient (Wildman–Crippen LogP) is 3.74. The molecule has 0 aromatic heterocycles. The molecule has 2 aromatic carbocycles. The van der Waals surface area contributed by atoms with E-state index in [4.69, 9.17) is 9.47 Å². The molecule has 6 nitrogen and oxygen atoms in total. The lowest BCUT2D eigenvalue weighted by molar-refractivity contribution is 0.0550. The molecule has 28 heavy (non-hydrogen) atoms. The van der Waals surface area contributed by atoms with Gasteiger partial charge >= 0.3 is 5.97 Å². The van der Waals surface area contributed by atoms with Crippen molar-refractivity contribution < 1.29 is 24.2 Å². The molecule has 0 saturated heterocycles. The first kappa shape index (κ1) is 18.1. The highest BCUT2D eigenvalue weighted by Crippen LogP contribution is 2.55. The summed E-state index contributed by atoms with van der Waals surface area (Å²) < 4.78 is 12.0. The standard InChI is InChI=1S/C22H21NO5/c1-21(2)16-11-15(20(25)26)5-6-17(16)23(3)22(21)8-7-14-9-13(12-24)10-18(27-4)19(14)28-22/h5-12H,1-4H3,(H,25,26). The Morgan fingerprint density at radius 1 is 1.25 bits per heavy atom. The summed E-state index contributed by atoms with van der Waals surface area (Å²) in [6, 6.07) is 8.53. The average molecular weight is 379 g/mol.